The summed E-state index contributed by atoms with van der Waals surface area (Å²) < 4.78 is 3.86. The van der Waals surface area contributed by atoms with Gasteiger partial charge in [0.2, 0.25) is 0 Å². The molecule has 5 heterocycles. The second-order valence-corrected chi connectivity index (χ2v) is 12.7. The number of ether oxygens (including phenoxy) is 1. The number of methoxy groups -OCH3 is 1. The minimum absolute atomic E-state index is 0.0106. The second-order valence-electron chi connectivity index (χ2n) is 12.7. The highest BCUT2D eigenvalue weighted by atomic mass is 16.5. The maximum atomic E-state index is 13.7. The van der Waals surface area contributed by atoms with Crippen molar-refractivity contribution in [3.05, 3.63) is 68.8 Å². The number of nitrogens with zero attached hydrogens (tertiary/aromatic N) is 2. The molecule has 10 nitrogen and oxygen atoms in total. The van der Waals surface area contributed by atoms with E-state index in [1.807, 2.05) is 32.9 Å². The van der Waals surface area contributed by atoms with Crippen LogP contribution in [0.25, 0.3) is 22.1 Å². The Morgan fingerprint density at radius 2 is 1.52 bits per heavy atom. The van der Waals surface area contributed by atoms with Gasteiger partial charge >= 0.3 is 5.97 Å². The van der Waals surface area contributed by atoms with Gasteiger partial charge in [0.05, 0.1) is 23.8 Å². The highest BCUT2D eigenvalue weighted by molar-refractivity contribution is 6.15. The molecule has 3 aliphatic rings. The lowest BCUT2D eigenvalue weighted by Crippen LogP contribution is -2.10. The van der Waals surface area contributed by atoms with Gasteiger partial charge in [0.25, 0.3) is 6.47 Å². The number of carboxylic acid groups (broad SMARTS) is 1. The van der Waals surface area contributed by atoms with Gasteiger partial charge in [-0.3, -0.25) is 29.1 Å². The highest BCUT2D eigenvalue weighted by Crippen LogP contribution is 2.47. The molecule has 46 heavy (non-hydrogen) atoms. The number of aliphatic carboxylic acids is 1. The fourth-order valence-electron chi connectivity index (χ4n) is 7.49. The summed E-state index contributed by atoms with van der Waals surface area (Å²) >= 11 is 0. The molecule has 5 atom stereocenters. The molecule has 0 saturated heterocycles. The summed E-state index contributed by atoms with van der Waals surface area (Å²) in [6.07, 6.45) is 1.33. The number of nitrogens with one attached hydrogen (secondary N) is 2. The first-order valence-corrected chi connectivity index (χ1v) is 15.9. The Morgan fingerprint density at radius 3 is 2.13 bits per heavy atom. The van der Waals surface area contributed by atoms with E-state index >= 15 is 0 Å². The zero-order chi connectivity index (χ0) is 33.6. The molecule has 0 amide bonds. The Kier molecular flexibility index (Phi) is 9.02. The molecule has 8 bridgehead atoms. The van der Waals surface area contributed by atoms with Crippen molar-refractivity contribution in [2.24, 2.45) is 0 Å². The van der Waals surface area contributed by atoms with Gasteiger partial charge in [-0.2, -0.15) is 0 Å². The molecule has 0 aromatic carbocycles. The number of carboxylic acids is 1. The van der Waals surface area contributed by atoms with Crippen LogP contribution in [-0.4, -0.2) is 56.2 Å². The Labute approximate surface area is 268 Å². The molecule has 2 unspecified atom stereocenters. The van der Waals surface area contributed by atoms with Crippen LogP contribution in [0.5, 0.6) is 0 Å². The minimum Gasteiger partial charge on any atom is -0.481 e. The van der Waals surface area contributed by atoms with Crippen molar-refractivity contribution in [2.75, 3.05) is 7.11 Å². The van der Waals surface area contributed by atoms with Crippen LogP contribution in [0.2, 0.25) is 0 Å². The Bertz CT molecular complexity index is 1920. The SMILES string of the molecule is CCC1c2cc3[nH]c4c(c3C)C(=O)[C@H](C)c4c3nc(cc4[nH]c(cc(n2)[C@@H]1C)c(C(C)=O)c4C)[C@@H](C)C3CCC(=O)O.COC=O. The Hall–Kier alpha value is -4.60. The van der Waals surface area contributed by atoms with Crippen LogP contribution >= 0.6 is 0 Å². The number of hydrogen-bond acceptors (Lipinski definition) is 7. The van der Waals surface area contributed by atoms with Crippen molar-refractivity contribution >= 4 is 46.1 Å². The van der Waals surface area contributed by atoms with Gasteiger partial charge in [-0.1, -0.05) is 27.7 Å². The van der Waals surface area contributed by atoms with Crippen LogP contribution < -0.4 is 0 Å². The monoisotopic (exact) mass is 626 g/mol. The minimum atomic E-state index is -0.856. The molecule has 0 radical (unpaired) electrons. The molecule has 2 aliphatic heterocycles. The van der Waals surface area contributed by atoms with E-state index in [2.05, 4.69) is 41.5 Å². The van der Waals surface area contributed by atoms with Crippen molar-refractivity contribution in [3.63, 3.8) is 0 Å². The zero-order valence-corrected chi connectivity index (χ0v) is 27.7. The van der Waals surface area contributed by atoms with Crippen molar-refractivity contribution < 1.29 is 29.0 Å². The molecular weight excluding hydrogens is 584 g/mol. The van der Waals surface area contributed by atoms with Gasteiger partial charge in [0.15, 0.2) is 11.6 Å². The average molecular weight is 627 g/mol. The maximum absolute atomic E-state index is 13.7. The molecule has 0 fully saturated rings. The molecular formula is C36H42N4O6. The average Bonchev–Trinajstić information content (AvgIpc) is 3.74. The molecule has 3 aromatic heterocycles. The van der Waals surface area contributed by atoms with E-state index in [1.54, 1.807) is 6.92 Å². The van der Waals surface area contributed by atoms with Crippen LogP contribution in [0.15, 0.2) is 18.2 Å². The first-order chi connectivity index (χ1) is 21.8. The number of aryl methyl sites for hydroxylation is 2. The summed E-state index contributed by atoms with van der Waals surface area (Å²) in [5, 5.41) is 9.55. The summed E-state index contributed by atoms with van der Waals surface area (Å²) in [4.78, 5) is 64.5. The lowest BCUT2D eigenvalue weighted by molar-refractivity contribution is -0.137. The molecule has 3 N–H and O–H groups in total. The predicted molar refractivity (Wildman–Crippen MR) is 176 cm³/mol. The second kappa shape index (κ2) is 12.7. The quantitative estimate of drug-likeness (QED) is 0.191. The number of Topliss-reactive ketones (excluding diaryl/α,β-unsaturated/α-hetero) is 2. The molecule has 1 aliphatic carbocycles. The first kappa shape index (κ1) is 32.8. The summed E-state index contributed by atoms with van der Waals surface area (Å²) in [6, 6.07) is 6.07. The summed E-state index contributed by atoms with van der Waals surface area (Å²) in [5.41, 5.74) is 10.6. The van der Waals surface area contributed by atoms with E-state index in [0.717, 1.165) is 68.0 Å². The van der Waals surface area contributed by atoms with Crippen LogP contribution in [0, 0.1) is 13.8 Å². The number of aromatic nitrogens is 4. The fraction of sp³-hybridized carbons (Fsp3) is 0.444. The third kappa shape index (κ3) is 5.43. The molecule has 3 aromatic rings. The number of fused-ring (bicyclic) bond motifs is 8. The Balaban J connectivity index is 0.000000985. The van der Waals surface area contributed by atoms with Crippen molar-refractivity contribution in [1.82, 2.24) is 19.9 Å². The molecule has 0 spiro atoms. The van der Waals surface area contributed by atoms with Crippen LogP contribution in [0.3, 0.4) is 0 Å². The van der Waals surface area contributed by atoms with E-state index in [-0.39, 0.29) is 47.6 Å². The van der Waals surface area contributed by atoms with Gasteiger partial charge in [0, 0.05) is 80.8 Å². The number of aromatic amines is 2. The van der Waals surface area contributed by atoms with E-state index in [1.165, 1.54) is 7.11 Å². The zero-order valence-electron chi connectivity index (χ0n) is 27.7. The normalized spacial score (nSPS) is 21.5. The number of hydrogen-bond donors (Lipinski definition) is 3. The van der Waals surface area contributed by atoms with Crippen LogP contribution in [0.1, 0.15) is 144 Å². The summed E-state index contributed by atoms with van der Waals surface area (Å²) in [5.74, 6) is -1.09. The van der Waals surface area contributed by atoms with E-state index in [4.69, 9.17) is 14.8 Å². The predicted octanol–water partition coefficient (Wildman–Crippen LogP) is 7.27. The number of rotatable bonds is 6. The van der Waals surface area contributed by atoms with Crippen molar-refractivity contribution in [2.45, 2.75) is 97.3 Å². The Morgan fingerprint density at radius 1 is 0.935 bits per heavy atom. The van der Waals surface area contributed by atoms with Gasteiger partial charge in [-0.05, 0) is 62.9 Å². The first-order valence-electron chi connectivity index (χ1n) is 15.9. The summed E-state index contributed by atoms with van der Waals surface area (Å²) in [6.45, 7) is 14.2. The molecule has 242 valence electrons. The fourth-order valence-corrected chi connectivity index (χ4v) is 7.49. The van der Waals surface area contributed by atoms with Crippen LogP contribution in [0.4, 0.5) is 0 Å². The van der Waals surface area contributed by atoms with E-state index in [0.29, 0.717) is 24.0 Å². The molecule has 6 rings (SSSR count). The van der Waals surface area contributed by atoms with Gasteiger partial charge in [0.1, 0.15) is 0 Å². The largest absolute Gasteiger partial charge is 0.481 e. The van der Waals surface area contributed by atoms with Gasteiger partial charge in [-0.25, -0.2) is 0 Å². The molecule has 0 saturated carbocycles. The third-order valence-corrected chi connectivity index (χ3v) is 10.0. The number of carbonyl (C=O) groups excluding carboxylic acids is 3. The number of ketones is 2. The number of carbonyl (C=O) groups is 4. The smallest absolute Gasteiger partial charge is 0.303 e. The van der Waals surface area contributed by atoms with E-state index < -0.39 is 5.97 Å². The summed E-state index contributed by atoms with van der Waals surface area (Å²) in [7, 11) is 1.31. The number of H-pyrrole nitrogens is 2. The van der Waals surface area contributed by atoms with Crippen molar-refractivity contribution in [3.8, 4) is 0 Å². The topological polar surface area (TPSA) is 155 Å². The van der Waals surface area contributed by atoms with Gasteiger partial charge < -0.3 is 19.8 Å². The van der Waals surface area contributed by atoms with E-state index in [9.17, 15) is 19.5 Å². The van der Waals surface area contributed by atoms with Crippen LogP contribution in [-0.2, 0) is 14.3 Å². The van der Waals surface area contributed by atoms with Crippen molar-refractivity contribution in [1.29, 1.82) is 0 Å². The molecule has 10 heteroatoms. The standard InChI is InChI=1S/C34H38N4O4.C2H4O2/c1-8-20-14(2)22-13-27-29(19(7)39)16(4)24(36-27)11-23-15(3)21(9-10-28(40)41)32(37-23)30-18(6)34(42)31-17(5)25(38-33(30)31)12-26(20)35-22;1-4-2-3/h11-15,18,20-21,36,38H,8-10H2,1-7H3,(H,40,41);2H,1H3/t14-,15+,18-,20?,21?;/m1./s1. The maximum Gasteiger partial charge on any atom is 0.303 e. The lowest BCUT2D eigenvalue weighted by Gasteiger charge is -2.17. The lowest BCUT2D eigenvalue weighted by atomic mass is 9.84. The van der Waals surface area contributed by atoms with Gasteiger partial charge in [-0.15, -0.1) is 0 Å². The highest BCUT2D eigenvalue weighted by Gasteiger charge is 2.39. The third-order valence-electron chi connectivity index (χ3n) is 10.0.